The normalized spacial score (nSPS) is 20.5. The number of hydrogen-bond donors (Lipinski definition) is 3. The van der Waals surface area contributed by atoms with Gasteiger partial charge in [-0.25, -0.2) is 0 Å². The number of aliphatic imine (C=N–C) groups is 1. The number of guanidine groups is 1. The van der Waals surface area contributed by atoms with Gasteiger partial charge in [-0.15, -0.1) is 0 Å². The average molecular weight is 313 g/mol. The molecule has 0 aliphatic carbocycles. The van der Waals surface area contributed by atoms with Gasteiger partial charge < -0.3 is 20.5 Å². The van der Waals surface area contributed by atoms with Gasteiger partial charge in [-0.3, -0.25) is 4.99 Å². The maximum Gasteiger partial charge on any atom is 0.191 e. The van der Waals surface area contributed by atoms with Crippen molar-refractivity contribution >= 4 is 5.96 Å². The Bertz CT molecular complexity index is 344. The number of rotatable bonds is 6. The molecule has 1 aliphatic rings. The number of nitrogens with one attached hydrogen (secondary N) is 2. The Hall–Kier alpha value is -0.810. The molecule has 0 aromatic rings. The van der Waals surface area contributed by atoms with Crippen molar-refractivity contribution in [3.8, 4) is 0 Å². The van der Waals surface area contributed by atoms with Crippen molar-refractivity contribution in [1.29, 1.82) is 0 Å². The Labute approximate surface area is 135 Å². The third-order valence-corrected chi connectivity index (χ3v) is 4.01. The van der Waals surface area contributed by atoms with E-state index in [-0.39, 0.29) is 0 Å². The van der Waals surface area contributed by atoms with Crippen LogP contribution in [0, 0.1) is 5.41 Å². The molecule has 3 N–H and O–H groups in total. The van der Waals surface area contributed by atoms with Crippen LogP contribution in [0.25, 0.3) is 0 Å². The standard InChI is InChI=1S/C17H35N3O2/c1-6-18-15(20-14(2)7-8-16(3,4)5)19-13-17(21)9-11-22-12-10-17/h14,21H,6-13H2,1-5H3,(H2,18,19,20). The molecule has 5 nitrogen and oxygen atoms in total. The summed E-state index contributed by atoms with van der Waals surface area (Å²) in [6.07, 6.45) is 3.60. The van der Waals surface area contributed by atoms with Gasteiger partial charge in [0.25, 0.3) is 0 Å². The molecular formula is C17H35N3O2. The van der Waals surface area contributed by atoms with Crippen LogP contribution >= 0.6 is 0 Å². The molecule has 0 aromatic carbocycles. The first-order valence-corrected chi connectivity index (χ1v) is 8.59. The second-order valence-corrected chi connectivity index (χ2v) is 7.68. The minimum atomic E-state index is -0.713. The van der Waals surface area contributed by atoms with Crippen LogP contribution in [-0.4, -0.2) is 49.0 Å². The fourth-order valence-corrected chi connectivity index (χ4v) is 2.41. The van der Waals surface area contributed by atoms with Gasteiger partial charge >= 0.3 is 0 Å². The second-order valence-electron chi connectivity index (χ2n) is 7.68. The molecule has 1 rings (SSSR count). The lowest BCUT2D eigenvalue weighted by atomic mass is 9.89. The van der Waals surface area contributed by atoms with Gasteiger partial charge in [-0.1, -0.05) is 20.8 Å². The highest BCUT2D eigenvalue weighted by atomic mass is 16.5. The molecule has 0 radical (unpaired) electrons. The molecule has 1 saturated heterocycles. The quantitative estimate of drug-likeness (QED) is 0.520. The maximum absolute atomic E-state index is 10.5. The SMILES string of the molecule is CCNC(=NCC1(O)CCOCC1)NC(C)CCC(C)(C)C. The molecule has 5 heteroatoms. The van der Waals surface area contributed by atoms with Crippen LogP contribution in [0.5, 0.6) is 0 Å². The van der Waals surface area contributed by atoms with Crippen LogP contribution in [-0.2, 0) is 4.74 Å². The van der Waals surface area contributed by atoms with Crippen molar-refractivity contribution in [3.05, 3.63) is 0 Å². The molecule has 130 valence electrons. The monoisotopic (exact) mass is 313 g/mol. The average Bonchev–Trinajstić information content (AvgIpc) is 2.43. The third kappa shape index (κ3) is 7.99. The Morgan fingerprint density at radius 2 is 1.95 bits per heavy atom. The zero-order chi connectivity index (χ0) is 16.6. The summed E-state index contributed by atoms with van der Waals surface area (Å²) in [5.41, 5.74) is -0.363. The highest BCUT2D eigenvalue weighted by Gasteiger charge is 2.29. The van der Waals surface area contributed by atoms with E-state index in [2.05, 4.69) is 50.2 Å². The first-order valence-electron chi connectivity index (χ1n) is 8.59. The van der Waals surface area contributed by atoms with Crippen LogP contribution in [0.2, 0.25) is 0 Å². The van der Waals surface area contributed by atoms with Crippen molar-refractivity contribution in [3.63, 3.8) is 0 Å². The molecule has 1 unspecified atom stereocenters. The molecular weight excluding hydrogens is 278 g/mol. The van der Waals surface area contributed by atoms with Crippen molar-refractivity contribution < 1.29 is 9.84 Å². The second kappa shape index (κ2) is 8.73. The molecule has 0 saturated carbocycles. The van der Waals surface area contributed by atoms with Crippen LogP contribution in [0.15, 0.2) is 4.99 Å². The fourth-order valence-electron chi connectivity index (χ4n) is 2.41. The zero-order valence-corrected chi connectivity index (χ0v) is 15.0. The predicted octanol–water partition coefficient (Wildman–Crippen LogP) is 2.30. The lowest BCUT2D eigenvalue weighted by Crippen LogP contribution is -2.45. The highest BCUT2D eigenvalue weighted by Crippen LogP contribution is 2.22. The highest BCUT2D eigenvalue weighted by molar-refractivity contribution is 5.80. The summed E-state index contributed by atoms with van der Waals surface area (Å²) < 4.78 is 5.31. The number of aliphatic hydroxyl groups is 1. The van der Waals surface area contributed by atoms with Gasteiger partial charge in [0, 0.05) is 38.6 Å². The van der Waals surface area contributed by atoms with Gasteiger partial charge in [0.1, 0.15) is 0 Å². The van der Waals surface area contributed by atoms with Gasteiger partial charge in [0.15, 0.2) is 5.96 Å². The fraction of sp³-hybridized carbons (Fsp3) is 0.941. The van der Waals surface area contributed by atoms with Crippen molar-refractivity contribution in [1.82, 2.24) is 10.6 Å². The van der Waals surface area contributed by atoms with E-state index in [0.717, 1.165) is 18.9 Å². The summed E-state index contributed by atoms with van der Waals surface area (Å²) in [6.45, 7) is 13.5. The van der Waals surface area contributed by atoms with Gasteiger partial charge in [-0.05, 0) is 32.1 Å². The topological polar surface area (TPSA) is 65.9 Å². The number of ether oxygens (including phenoxy) is 1. The number of nitrogens with zero attached hydrogens (tertiary/aromatic N) is 1. The van der Waals surface area contributed by atoms with E-state index in [4.69, 9.17) is 4.74 Å². The Kier molecular flexibility index (Phi) is 7.63. The Morgan fingerprint density at radius 1 is 1.32 bits per heavy atom. The van der Waals surface area contributed by atoms with E-state index < -0.39 is 5.60 Å². The molecule has 0 bridgehead atoms. The van der Waals surface area contributed by atoms with Crippen molar-refractivity contribution in [2.45, 2.75) is 71.9 Å². The molecule has 22 heavy (non-hydrogen) atoms. The van der Waals surface area contributed by atoms with E-state index in [9.17, 15) is 5.11 Å². The van der Waals surface area contributed by atoms with Gasteiger partial charge in [0.2, 0.25) is 0 Å². The first kappa shape index (κ1) is 19.2. The van der Waals surface area contributed by atoms with E-state index in [1.54, 1.807) is 0 Å². The Balaban J connectivity index is 2.50. The van der Waals surface area contributed by atoms with E-state index in [0.29, 0.717) is 44.1 Å². The molecule has 1 fully saturated rings. The van der Waals surface area contributed by atoms with Crippen LogP contribution in [0.1, 0.15) is 60.3 Å². The van der Waals surface area contributed by atoms with Crippen LogP contribution < -0.4 is 10.6 Å². The van der Waals surface area contributed by atoms with Crippen LogP contribution in [0.3, 0.4) is 0 Å². The molecule has 1 aliphatic heterocycles. The minimum Gasteiger partial charge on any atom is -0.388 e. The third-order valence-electron chi connectivity index (χ3n) is 4.01. The summed E-state index contributed by atoms with van der Waals surface area (Å²) in [5.74, 6) is 0.795. The van der Waals surface area contributed by atoms with E-state index in [1.807, 2.05) is 0 Å². The molecule has 0 spiro atoms. The van der Waals surface area contributed by atoms with Gasteiger partial charge in [0.05, 0.1) is 12.1 Å². The Morgan fingerprint density at radius 3 is 2.50 bits per heavy atom. The molecule has 1 atom stereocenters. The van der Waals surface area contributed by atoms with Crippen LogP contribution in [0.4, 0.5) is 0 Å². The summed E-state index contributed by atoms with van der Waals surface area (Å²) in [4.78, 5) is 4.58. The molecule has 0 aromatic heterocycles. The largest absolute Gasteiger partial charge is 0.388 e. The van der Waals surface area contributed by atoms with E-state index in [1.165, 1.54) is 6.42 Å². The lowest BCUT2D eigenvalue weighted by molar-refractivity contribution is -0.0566. The first-order chi connectivity index (χ1) is 10.2. The minimum absolute atomic E-state index is 0.350. The van der Waals surface area contributed by atoms with Gasteiger partial charge in [-0.2, -0.15) is 0 Å². The summed E-state index contributed by atoms with van der Waals surface area (Å²) >= 11 is 0. The summed E-state index contributed by atoms with van der Waals surface area (Å²) in [7, 11) is 0. The maximum atomic E-state index is 10.5. The summed E-state index contributed by atoms with van der Waals surface area (Å²) in [5, 5.41) is 17.2. The zero-order valence-electron chi connectivity index (χ0n) is 15.0. The van der Waals surface area contributed by atoms with Crippen molar-refractivity contribution in [2.24, 2.45) is 10.4 Å². The number of hydrogen-bond acceptors (Lipinski definition) is 3. The predicted molar refractivity (Wildman–Crippen MR) is 92.3 cm³/mol. The summed E-state index contributed by atoms with van der Waals surface area (Å²) in [6, 6.07) is 0.362. The molecule has 1 heterocycles. The molecule has 0 amide bonds. The smallest absolute Gasteiger partial charge is 0.191 e. The van der Waals surface area contributed by atoms with Crippen molar-refractivity contribution in [2.75, 3.05) is 26.3 Å². The van der Waals surface area contributed by atoms with E-state index >= 15 is 0 Å². The lowest BCUT2D eigenvalue weighted by Gasteiger charge is -2.31.